The molecule has 1 aromatic carbocycles. The zero-order valence-electron chi connectivity index (χ0n) is 7.96. The third kappa shape index (κ3) is 1.59. The van der Waals surface area contributed by atoms with Crippen LogP contribution in [0.4, 0.5) is 5.69 Å². The molecule has 0 atom stereocenters. The fourth-order valence-electron chi connectivity index (χ4n) is 1.52. The van der Waals surface area contributed by atoms with Crippen LogP contribution < -0.4 is 10.6 Å². The predicted octanol–water partition coefficient (Wildman–Crippen LogP) is 1.52. The van der Waals surface area contributed by atoms with Gasteiger partial charge in [0.15, 0.2) is 0 Å². The van der Waals surface area contributed by atoms with Crippen molar-refractivity contribution in [2.45, 2.75) is 13.5 Å². The van der Waals surface area contributed by atoms with Crippen LogP contribution in [0.15, 0.2) is 18.2 Å². The van der Waals surface area contributed by atoms with Crippen LogP contribution in [0.5, 0.6) is 0 Å². The highest BCUT2D eigenvalue weighted by Crippen LogP contribution is 2.22. The van der Waals surface area contributed by atoms with E-state index in [0.717, 1.165) is 0 Å². The zero-order valence-corrected chi connectivity index (χ0v) is 7.96. The van der Waals surface area contributed by atoms with E-state index in [4.69, 9.17) is 5.73 Å². The Labute approximate surface area is 74.0 Å². The SMILES string of the molecule is Cc1cccc(CN)c1N(C)C. The lowest BCUT2D eigenvalue weighted by Gasteiger charge is -2.19. The molecule has 0 spiro atoms. The molecule has 0 heterocycles. The lowest BCUT2D eigenvalue weighted by Crippen LogP contribution is -2.14. The topological polar surface area (TPSA) is 29.3 Å². The van der Waals surface area contributed by atoms with Crippen molar-refractivity contribution in [1.29, 1.82) is 0 Å². The second-order valence-corrected chi connectivity index (χ2v) is 3.18. The molecule has 0 radical (unpaired) electrons. The van der Waals surface area contributed by atoms with Crippen molar-refractivity contribution in [2.24, 2.45) is 5.73 Å². The van der Waals surface area contributed by atoms with Crippen LogP contribution in [-0.4, -0.2) is 14.1 Å². The third-order valence-electron chi connectivity index (χ3n) is 1.99. The smallest absolute Gasteiger partial charge is 0.0436 e. The maximum Gasteiger partial charge on any atom is 0.0436 e. The van der Waals surface area contributed by atoms with Gasteiger partial charge in [0.25, 0.3) is 0 Å². The Balaban J connectivity index is 3.20. The molecular formula is C10H16N2. The van der Waals surface area contributed by atoms with Crippen LogP contribution in [0, 0.1) is 6.92 Å². The third-order valence-corrected chi connectivity index (χ3v) is 1.99. The number of aryl methyl sites for hydroxylation is 1. The first-order chi connectivity index (χ1) is 5.66. The van der Waals surface area contributed by atoms with Gasteiger partial charge in [-0.25, -0.2) is 0 Å². The van der Waals surface area contributed by atoms with Crippen LogP contribution >= 0.6 is 0 Å². The average molecular weight is 164 g/mol. The lowest BCUT2D eigenvalue weighted by molar-refractivity contribution is 1.02. The summed E-state index contributed by atoms with van der Waals surface area (Å²) in [5.41, 5.74) is 9.37. The molecule has 0 bridgehead atoms. The second kappa shape index (κ2) is 3.59. The van der Waals surface area contributed by atoms with E-state index in [1.807, 2.05) is 20.2 Å². The standard InChI is InChI=1S/C10H16N2/c1-8-5-4-6-9(7-11)10(8)12(2)3/h4-6H,7,11H2,1-3H3. The molecule has 0 aromatic heterocycles. The molecule has 12 heavy (non-hydrogen) atoms. The number of para-hydroxylation sites is 1. The quantitative estimate of drug-likeness (QED) is 0.718. The zero-order chi connectivity index (χ0) is 9.14. The Bertz CT molecular complexity index is 267. The number of nitrogens with two attached hydrogens (primary N) is 1. The molecule has 0 aliphatic carbocycles. The van der Waals surface area contributed by atoms with E-state index >= 15 is 0 Å². The Hall–Kier alpha value is -1.02. The van der Waals surface area contributed by atoms with Crippen LogP contribution in [0.3, 0.4) is 0 Å². The summed E-state index contributed by atoms with van der Waals surface area (Å²) in [6, 6.07) is 6.22. The van der Waals surface area contributed by atoms with E-state index in [0.29, 0.717) is 6.54 Å². The van der Waals surface area contributed by atoms with Crippen molar-refractivity contribution >= 4 is 5.69 Å². The van der Waals surface area contributed by atoms with Gasteiger partial charge in [0.05, 0.1) is 0 Å². The number of rotatable bonds is 2. The normalized spacial score (nSPS) is 10.0. The Morgan fingerprint density at radius 1 is 1.33 bits per heavy atom. The summed E-state index contributed by atoms with van der Waals surface area (Å²) in [6.45, 7) is 2.71. The summed E-state index contributed by atoms with van der Waals surface area (Å²) >= 11 is 0. The van der Waals surface area contributed by atoms with E-state index in [2.05, 4.69) is 24.0 Å². The molecule has 1 aromatic rings. The first-order valence-electron chi connectivity index (χ1n) is 4.12. The molecule has 2 heteroatoms. The molecule has 66 valence electrons. The summed E-state index contributed by atoms with van der Waals surface area (Å²) < 4.78 is 0. The van der Waals surface area contributed by atoms with Crippen LogP contribution in [-0.2, 0) is 6.54 Å². The lowest BCUT2D eigenvalue weighted by atomic mass is 10.1. The van der Waals surface area contributed by atoms with Gasteiger partial charge in [-0.05, 0) is 18.1 Å². The Morgan fingerprint density at radius 3 is 2.42 bits per heavy atom. The minimum atomic E-state index is 0.606. The summed E-state index contributed by atoms with van der Waals surface area (Å²) in [6.07, 6.45) is 0. The van der Waals surface area contributed by atoms with Crippen molar-refractivity contribution in [3.63, 3.8) is 0 Å². The number of hydrogen-bond acceptors (Lipinski definition) is 2. The maximum absolute atomic E-state index is 5.63. The fourth-order valence-corrected chi connectivity index (χ4v) is 1.52. The number of hydrogen-bond donors (Lipinski definition) is 1. The summed E-state index contributed by atoms with van der Waals surface area (Å²) in [5.74, 6) is 0. The van der Waals surface area contributed by atoms with Gasteiger partial charge in [-0.15, -0.1) is 0 Å². The van der Waals surface area contributed by atoms with Gasteiger partial charge in [-0.2, -0.15) is 0 Å². The van der Waals surface area contributed by atoms with E-state index < -0.39 is 0 Å². The van der Waals surface area contributed by atoms with Crippen molar-refractivity contribution in [3.05, 3.63) is 29.3 Å². The minimum absolute atomic E-state index is 0.606. The molecule has 0 unspecified atom stereocenters. The fraction of sp³-hybridized carbons (Fsp3) is 0.400. The molecule has 0 fully saturated rings. The number of benzene rings is 1. The average Bonchev–Trinajstić information content (AvgIpc) is 2.03. The molecular weight excluding hydrogens is 148 g/mol. The Morgan fingerprint density at radius 2 is 2.00 bits per heavy atom. The minimum Gasteiger partial charge on any atom is -0.377 e. The van der Waals surface area contributed by atoms with Crippen molar-refractivity contribution in [3.8, 4) is 0 Å². The maximum atomic E-state index is 5.63. The molecule has 0 amide bonds. The van der Waals surface area contributed by atoms with Crippen LogP contribution in [0.25, 0.3) is 0 Å². The van der Waals surface area contributed by atoms with Gasteiger partial charge in [-0.3, -0.25) is 0 Å². The van der Waals surface area contributed by atoms with Crippen molar-refractivity contribution in [1.82, 2.24) is 0 Å². The highest BCUT2D eigenvalue weighted by Gasteiger charge is 2.04. The summed E-state index contributed by atoms with van der Waals surface area (Å²) in [4.78, 5) is 2.11. The first kappa shape index (κ1) is 9.07. The predicted molar refractivity (Wildman–Crippen MR) is 53.4 cm³/mol. The molecule has 0 saturated heterocycles. The second-order valence-electron chi connectivity index (χ2n) is 3.18. The van der Waals surface area contributed by atoms with Gasteiger partial charge < -0.3 is 10.6 Å². The number of nitrogens with zero attached hydrogens (tertiary/aromatic N) is 1. The van der Waals surface area contributed by atoms with E-state index in [9.17, 15) is 0 Å². The molecule has 1 rings (SSSR count). The monoisotopic (exact) mass is 164 g/mol. The first-order valence-corrected chi connectivity index (χ1v) is 4.12. The highest BCUT2D eigenvalue weighted by molar-refractivity contribution is 5.58. The van der Waals surface area contributed by atoms with Gasteiger partial charge in [0.1, 0.15) is 0 Å². The van der Waals surface area contributed by atoms with Crippen molar-refractivity contribution in [2.75, 3.05) is 19.0 Å². The summed E-state index contributed by atoms with van der Waals surface area (Å²) in [5, 5.41) is 0. The van der Waals surface area contributed by atoms with Gasteiger partial charge in [-0.1, -0.05) is 18.2 Å². The van der Waals surface area contributed by atoms with E-state index in [-0.39, 0.29) is 0 Å². The van der Waals surface area contributed by atoms with E-state index in [1.54, 1.807) is 0 Å². The Kier molecular flexibility index (Phi) is 2.71. The number of anilines is 1. The largest absolute Gasteiger partial charge is 0.377 e. The van der Waals surface area contributed by atoms with Gasteiger partial charge in [0.2, 0.25) is 0 Å². The highest BCUT2D eigenvalue weighted by atomic mass is 15.1. The van der Waals surface area contributed by atoms with Gasteiger partial charge in [0, 0.05) is 26.3 Å². The molecule has 0 aliphatic heterocycles. The summed E-state index contributed by atoms with van der Waals surface area (Å²) in [7, 11) is 4.09. The van der Waals surface area contributed by atoms with Crippen molar-refractivity contribution < 1.29 is 0 Å². The molecule has 2 N–H and O–H groups in total. The van der Waals surface area contributed by atoms with Gasteiger partial charge >= 0.3 is 0 Å². The van der Waals surface area contributed by atoms with Crippen LogP contribution in [0.1, 0.15) is 11.1 Å². The molecule has 2 nitrogen and oxygen atoms in total. The van der Waals surface area contributed by atoms with E-state index in [1.165, 1.54) is 16.8 Å². The molecule has 0 aliphatic rings. The van der Waals surface area contributed by atoms with Crippen LogP contribution in [0.2, 0.25) is 0 Å². The molecule has 0 saturated carbocycles.